The molecular formula is C13H16ClNO4. The van der Waals surface area contributed by atoms with Gasteiger partial charge in [0.2, 0.25) is 5.91 Å². The summed E-state index contributed by atoms with van der Waals surface area (Å²) in [5.41, 5.74) is 0.550. The van der Waals surface area contributed by atoms with Gasteiger partial charge in [0, 0.05) is 24.5 Å². The number of hydrogen-bond acceptors (Lipinski definition) is 4. The predicted molar refractivity (Wildman–Crippen MR) is 72.1 cm³/mol. The van der Waals surface area contributed by atoms with Crippen LogP contribution in [0.4, 0.5) is 5.69 Å². The van der Waals surface area contributed by atoms with Gasteiger partial charge in [-0.1, -0.05) is 11.6 Å². The van der Waals surface area contributed by atoms with Gasteiger partial charge < -0.3 is 19.5 Å². The van der Waals surface area contributed by atoms with E-state index in [2.05, 4.69) is 5.32 Å². The van der Waals surface area contributed by atoms with Crippen molar-refractivity contribution in [3.8, 4) is 11.5 Å². The van der Waals surface area contributed by atoms with Crippen molar-refractivity contribution in [3.05, 3.63) is 17.2 Å². The molecule has 104 valence electrons. The molecule has 0 atom stereocenters. The molecule has 5 nitrogen and oxygen atoms in total. The summed E-state index contributed by atoms with van der Waals surface area (Å²) < 4.78 is 15.4. The van der Waals surface area contributed by atoms with Crippen molar-refractivity contribution in [2.75, 3.05) is 32.8 Å². The lowest BCUT2D eigenvalue weighted by Gasteiger charge is -2.25. The fraction of sp³-hybridized carbons (Fsp3) is 0.462. The smallest absolute Gasteiger partial charge is 0.224 e. The van der Waals surface area contributed by atoms with Gasteiger partial charge in [0.1, 0.15) is 11.5 Å². The van der Waals surface area contributed by atoms with Crippen molar-refractivity contribution in [2.24, 2.45) is 5.92 Å². The largest absolute Gasteiger partial charge is 0.495 e. The summed E-state index contributed by atoms with van der Waals surface area (Å²) in [6, 6.07) is 3.26. The summed E-state index contributed by atoms with van der Waals surface area (Å²) in [6.45, 7) is 1.29. The molecule has 1 aliphatic rings. The summed E-state index contributed by atoms with van der Waals surface area (Å²) in [7, 11) is 3.04. The first-order valence-electron chi connectivity index (χ1n) is 5.93. The van der Waals surface area contributed by atoms with Gasteiger partial charge in [-0.15, -0.1) is 0 Å². The van der Waals surface area contributed by atoms with E-state index >= 15 is 0 Å². The van der Waals surface area contributed by atoms with Crippen LogP contribution in [0.15, 0.2) is 12.1 Å². The van der Waals surface area contributed by atoms with Gasteiger partial charge in [-0.3, -0.25) is 4.79 Å². The molecule has 0 spiro atoms. The van der Waals surface area contributed by atoms with Crippen molar-refractivity contribution in [3.63, 3.8) is 0 Å². The van der Waals surface area contributed by atoms with Crippen molar-refractivity contribution in [2.45, 2.75) is 6.42 Å². The Bertz CT molecular complexity index is 474. The lowest BCUT2D eigenvalue weighted by molar-refractivity contribution is -0.121. The summed E-state index contributed by atoms with van der Waals surface area (Å²) in [4.78, 5) is 11.9. The maximum absolute atomic E-state index is 11.9. The summed E-state index contributed by atoms with van der Waals surface area (Å²) in [5, 5.41) is 3.24. The van der Waals surface area contributed by atoms with E-state index in [4.69, 9.17) is 25.8 Å². The molecular weight excluding hydrogens is 270 g/mol. The maximum atomic E-state index is 11.9. The summed E-state index contributed by atoms with van der Waals surface area (Å²) >= 11 is 6.00. The molecule has 19 heavy (non-hydrogen) atoms. The van der Waals surface area contributed by atoms with Crippen molar-refractivity contribution in [1.29, 1.82) is 0 Å². The standard InChI is InChI=1S/C13H16ClNO4/c1-17-11-5-10(12(18-2)4-9(11)14)15-13(16)3-8-6-19-7-8/h4-5,8H,3,6-7H2,1-2H3,(H,15,16). The monoisotopic (exact) mass is 285 g/mol. The average Bonchev–Trinajstić information content (AvgIpc) is 2.35. The van der Waals surface area contributed by atoms with E-state index < -0.39 is 0 Å². The van der Waals surface area contributed by atoms with Gasteiger partial charge in [-0.05, 0) is 0 Å². The zero-order valence-electron chi connectivity index (χ0n) is 10.9. The number of carbonyl (C=O) groups excluding carboxylic acids is 1. The highest BCUT2D eigenvalue weighted by Crippen LogP contribution is 2.36. The molecule has 1 amide bonds. The summed E-state index contributed by atoms with van der Waals surface area (Å²) in [5.74, 6) is 1.23. The van der Waals surface area contributed by atoms with Crippen LogP contribution in [0.25, 0.3) is 0 Å². The Morgan fingerprint density at radius 3 is 2.58 bits per heavy atom. The van der Waals surface area contributed by atoms with E-state index in [1.807, 2.05) is 0 Å². The van der Waals surface area contributed by atoms with Gasteiger partial charge in [-0.25, -0.2) is 0 Å². The molecule has 1 saturated heterocycles. The Morgan fingerprint density at radius 1 is 1.37 bits per heavy atom. The fourth-order valence-electron chi connectivity index (χ4n) is 1.82. The van der Waals surface area contributed by atoms with E-state index in [-0.39, 0.29) is 5.91 Å². The minimum atomic E-state index is -0.0732. The maximum Gasteiger partial charge on any atom is 0.224 e. The summed E-state index contributed by atoms with van der Waals surface area (Å²) in [6.07, 6.45) is 0.439. The molecule has 1 fully saturated rings. The normalized spacial score (nSPS) is 14.7. The number of nitrogens with one attached hydrogen (secondary N) is 1. The minimum Gasteiger partial charge on any atom is -0.495 e. The number of rotatable bonds is 5. The first-order valence-corrected chi connectivity index (χ1v) is 6.31. The zero-order chi connectivity index (χ0) is 13.8. The van der Waals surface area contributed by atoms with Gasteiger partial charge in [0.25, 0.3) is 0 Å². The van der Waals surface area contributed by atoms with Crippen LogP contribution < -0.4 is 14.8 Å². The van der Waals surface area contributed by atoms with E-state index in [1.54, 1.807) is 12.1 Å². The molecule has 0 unspecified atom stereocenters. The van der Waals surface area contributed by atoms with Crippen molar-refractivity contribution in [1.82, 2.24) is 0 Å². The number of ether oxygens (including phenoxy) is 3. The molecule has 6 heteroatoms. The molecule has 1 aliphatic heterocycles. The topological polar surface area (TPSA) is 56.8 Å². The van der Waals surface area contributed by atoms with Crippen LogP contribution in [0, 0.1) is 5.92 Å². The first kappa shape index (κ1) is 14.0. The van der Waals surface area contributed by atoms with Crippen LogP contribution in [-0.2, 0) is 9.53 Å². The van der Waals surface area contributed by atoms with Crippen LogP contribution in [0.1, 0.15) is 6.42 Å². The fourth-order valence-corrected chi connectivity index (χ4v) is 2.05. The number of hydrogen-bond donors (Lipinski definition) is 1. The number of benzene rings is 1. The van der Waals surface area contributed by atoms with Crippen LogP contribution in [0.3, 0.4) is 0 Å². The molecule has 1 N–H and O–H groups in total. The SMILES string of the molecule is COc1cc(NC(=O)CC2COC2)c(OC)cc1Cl. The minimum absolute atomic E-state index is 0.0732. The Kier molecular flexibility index (Phi) is 4.50. The van der Waals surface area contributed by atoms with Crippen LogP contribution >= 0.6 is 11.6 Å². The molecule has 0 saturated carbocycles. The highest BCUT2D eigenvalue weighted by Gasteiger charge is 2.22. The molecule has 2 rings (SSSR count). The second-order valence-electron chi connectivity index (χ2n) is 4.34. The Morgan fingerprint density at radius 2 is 2.05 bits per heavy atom. The zero-order valence-corrected chi connectivity index (χ0v) is 11.6. The van der Waals surface area contributed by atoms with Crippen LogP contribution in [0.2, 0.25) is 5.02 Å². The lowest BCUT2D eigenvalue weighted by atomic mass is 10.0. The van der Waals surface area contributed by atoms with E-state index in [9.17, 15) is 4.79 Å². The molecule has 1 aromatic carbocycles. The number of halogens is 1. The number of amides is 1. The number of anilines is 1. The first-order chi connectivity index (χ1) is 9.13. The Labute approximate surface area is 116 Å². The van der Waals surface area contributed by atoms with E-state index in [0.717, 1.165) is 0 Å². The lowest BCUT2D eigenvalue weighted by Crippen LogP contribution is -2.31. The molecule has 1 aromatic rings. The molecule has 1 heterocycles. The van der Waals surface area contributed by atoms with Gasteiger partial charge in [-0.2, -0.15) is 0 Å². The predicted octanol–water partition coefficient (Wildman–Crippen LogP) is 2.33. The van der Waals surface area contributed by atoms with E-state index in [0.29, 0.717) is 47.8 Å². The van der Waals surface area contributed by atoms with Crippen molar-refractivity contribution < 1.29 is 19.0 Å². The van der Waals surface area contributed by atoms with Gasteiger partial charge in [0.05, 0.1) is 38.1 Å². The third kappa shape index (κ3) is 3.30. The second-order valence-corrected chi connectivity index (χ2v) is 4.75. The molecule has 0 aliphatic carbocycles. The highest BCUT2D eigenvalue weighted by atomic mass is 35.5. The van der Waals surface area contributed by atoms with Crippen LogP contribution in [0.5, 0.6) is 11.5 Å². The quantitative estimate of drug-likeness (QED) is 0.902. The number of methoxy groups -OCH3 is 2. The van der Waals surface area contributed by atoms with Gasteiger partial charge in [0.15, 0.2) is 0 Å². The highest BCUT2D eigenvalue weighted by molar-refractivity contribution is 6.32. The third-order valence-electron chi connectivity index (χ3n) is 2.93. The molecule has 0 aromatic heterocycles. The Balaban J connectivity index is 2.10. The average molecular weight is 286 g/mol. The third-order valence-corrected chi connectivity index (χ3v) is 3.22. The second kappa shape index (κ2) is 6.12. The van der Waals surface area contributed by atoms with Crippen molar-refractivity contribution >= 4 is 23.2 Å². The van der Waals surface area contributed by atoms with Crippen LogP contribution in [-0.4, -0.2) is 33.3 Å². The van der Waals surface area contributed by atoms with Gasteiger partial charge >= 0.3 is 0 Å². The molecule has 0 bridgehead atoms. The molecule has 0 radical (unpaired) electrons. The van der Waals surface area contributed by atoms with E-state index in [1.165, 1.54) is 14.2 Å². The Hall–Kier alpha value is -1.46. The number of carbonyl (C=O) groups is 1.